The lowest BCUT2D eigenvalue weighted by atomic mass is 10.0. The van der Waals surface area contributed by atoms with Gasteiger partial charge in [-0.1, -0.05) is 73.2 Å². The normalized spacial score (nSPS) is 12.0. The van der Waals surface area contributed by atoms with Crippen LogP contribution in [0.15, 0.2) is 78.9 Å². The van der Waals surface area contributed by atoms with Gasteiger partial charge in [-0.15, -0.1) is 0 Å². The Morgan fingerprint density at radius 1 is 0.967 bits per heavy atom. The molecule has 30 heavy (non-hydrogen) atoms. The van der Waals surface area contributed by atoms with E-state index in [4.69, 9.17) is 4.98 Å². The molecule has 0 aliphatic rings. The highest BCUT2D eigenvalue weighted by Crippen LogP contribution is 2.26. The molecule has 0 bridgehead atoms. The first-order chi connectivity index (χ1) is 14.5. The molecule has 150 valence electrons. The lowest BCUT2D eigenvalue weighted by molar-refractivity contribution is 0.0941. The largest absolute Gasteiger partial charge is 0.345 e. The summed E-state index contributed by atoms with van der Waals surface area (Å²) in [6.45, 7) is 6.22. The highest BCUT2D eigenvalue weighted by atomic mass is 16.1. The molecule has 3 aromatic carbocycles. The number of nitrogens with zero attached hydrogens (tertiary/aromatic N) is 1. The summed E-state index contributed by atoms with van der Waals surface area (Å²) in [6, 6.07) is 26.3. The molecule has 0 unspecified atom stereocenters. The molecule has 0 saturated carbocycles. The molecule has 3 nitrogen and oxygen atoms in total. The minimum atomic E-state index is -0.0884. The Labute approximate surface area is 177 Å². The summed E-state index contributed by atoms with van der Waals surface area (Å²) >= 11 is 0. The average Bonchev–Trinajstić information content (AvgIpc) is 2.78. The second-order valence-corrected chi connectivity index (χ2v) is 7.73. The standard InChI is InChI=1S/C27H26N2O/c1-4-20-12-14-21(15-13-20)19(3)28-27(30)24-17-26(22-9-7-8-18(2)16-22)29-25-11-6-5-10-23(24)25/h5-17,19H,4H2,1-3H3,(H,28,30)/t19-/m0/s1. The highest BCUT2D eigenvalue weighted by molar-refractivity contribution is 6.07. The zero-order valence-corrected chi connectivity index (χ0v) is 17.6. The van der Waals surface area contributed by atoms with Crippen molar-refractivity contribution in [3.05, 3.63) is 101 Å². The van der Waals surface area contributed by atoms with E-state index < -0.39 is 0 Å². The Balaban J connectivity index is 1.70. The molecular weight excluding hydrogens is 368 g/mol. The number of para-hydroxylation sites is 1. The van der Waals surface area contributed by atoms with E-state index in [0.717, 1.165) is 39.7 Å². The van der Waals surface area contributed by atoms with E-state index in [2.05, 4.69) is 55.6 Å². The van der Waals surface area contributed by atoms with Gasteiger partial charge < -0.3 is 5.32 Å². The van der Waals surface area contributed by atoms with Crippen LogP contribution in [0, 0.1) is 6.92 Å². The van der Waals surface area contributed by atoms with Gasteiger partial charge in [0.25, 0.3) is 5.91 Å². The quantitative estimate of drug-likeness (QED) is 0.434. The molecule has 1 N–H and O–H groups in total. The number of fused-ring (bicyclic) bond motifs is 1. The third kappa shape index (κ3) is 4.11. The number of aryl methyl sites for hydroxylation is 2. The number of rotatable bonds is 5. The molecule has 0 radical (unpaired) electrons. The van der Waals surface area contributed by atoms with Crippen molar-refractivity contribution in [2.75, 3.05) is 0 Å². The zero-order chi connectivity index (χ0) is 21.1. The summed E-state index contributed by atoms with van der Waals surface area (Å²) in [6.07, 6.45) is 1.01. The van der Waals surface area contributed by atoms with Gasteiger partial charge in [0.05, 0.1) is 22.8 Å². The summed E-state index contributed by atoms with van der Waals surface area (Å²) in [4.78, 5) is 18.1. The van der Waals surface area contributed by atoms with Crippen LogP contribution in [0.5, 0.6) is 0 Å². The first kappa shape index (κ1) is 19.8. The monoisotopic (exact) mass is 394 g/mol. The van der Waals surface area contributed by atoms with E-state index in [1.165, 1.54) is 5.56 Å². The van der Waals surface area contributed by atoms with Crippen molar-refractivity contribution in [3.63, 3.8) is 0 Å². The third-order valence-corrected chi connectivity index (χ3v) is 5.51. The molecule has 1 amide bonds. The van der Waals surface area contributed by atoms with Crippen LogP contribution in [0.25, 0.3) is 22.2 Å². The molecule has 1 aromatic heterocycles. The molecule has 1 atom stereocenters. The van der Waals surface area contributed by atoms with Gasteiger partial charge in [0.2, 0.25) is 0 Å². The van der Waals surface area contributed by atoms with Gasteiger partial charge in [0, 0.05) is 10.9 Å². The number of hydrogen-bond donors (Lipinski definition) is 1. The zero-order valence-electron chi connectivity index (χ0n) is 17.6. The molecule has 0 aliphatic carbocycles. The topological polar surface area (TPSA) is 42.0 Å². The van der Waals surface area contributed by atoms with Crippen LogP contribution in [-0.2, 0) is 6.42 Å². The van der Waals surface area contributed by atoms with E-state index >= 15 is 0 Å². The van der Waals surface area contributed by atoms with Crippen LogP contribution < -0.4 is 5.32 Å². The Hall–Kier alpha value is -3.46. The van der Waals surface area contributed by atoms with Gasteiger partial charge in [-0.2, -0.15) is 0 Å². The molecule has 3 heteroatoms. The fourth-order valence-corrected chi connectivity index (χ4v) is 3.72. The highest BCUT2D eigenvalue weighted by Gasteiger charge is 2.16. The molecule has 0 saturated heterocycles. The van der Waals surface area contributed by atoms with Crippen LogP contribution in [0.4, 0.5) is 0 Å². The Kier molecular flexibility index (Phi) is 5.62. The molecular formula is C27H26N2O. The second-order valence-electron chi connectivity index (χ2n) is 7.73. The number of amides is 1. The molecule has 0 spiro atoms. The smallest absolute Gasteiger partial charge is 0.252 e. The summed E-state index contributed by atoms with van der Waals surface area (Å²) < 4.78 is 0. The maximum Gasteiger partial charge on any atom is 0.252 e. The van der Waals surface area contributed by atoms with E-state index in [1.54, 1.807) is 0 Å². The van der Waals surface area contributed by atoms with Crippen molar-refractivity contribution in [3.8, 4) is 11.3 Å². The third-order valence-electron chi connectivity index (χ3n) is 5.51. The average molecular weight is 395 g/mol. The maximum atomic E-state index is 13.3. The fourth-order valence-electron chi connectivity index (χ4n) is 3.72. The lowest BCUT2D eigenvalue weighted by Crippen LogP contribution is -2.27. The number of hydrogen-bond acceptors (Lipinski definition) is 2. The number of aromatic nitrogens is 1. The summed E-state index contributed by atoms with van der Waals surface area (Å²) in [5.74, 6) is -0.0884. The van der Waals surface area contributed by atoms with Crippen molar-refractivity contribution >= 4 is 16.8 Å². The SMILES string of the molecule is CCc1ccc([C@H](C)NC(=O)c2cc(-c3cccc(C)c3)nc3ccccc23)cc1. The molecule has 0 aliphatic heterocycles. The Morgan fingerprint density at radius 2 is 1.73 bits per heavy atom. The number of pyridine rings is 1. The number of benzene rings is 3. The van der Waals surface area contributed by atoms with Crippen LogP contribution >= 0.6 is 0 Å². The van der Waals surface area contributed by atoms with Gasteiger partial charge in [-0.05, 0) is 49.6 Å². The van der Waals surface area contributed by atoms with Crippen LogP contribution in [0.2, 0.25) is 0 Å². The van der Waals surface area contributed by atoms with Crippen molar-refractivity contribution in [2.24, 2.45) is 0 Å². The number of carbonyl (C=O) groups is 1. The molecule has 0 fully saturated rings. The van der Waals surface area contributed by atoms with E-state index in [9.17, 15) is 4.79 Å². The molecule has 4 aromatic rings. The maximum absolute atomic E-state index is 13.3. The second kappa shape index (κ2) is 8.50. The van der Waals surface area contributed by atoms with Gasteiger partial charge in [-0.25, -0.2) is 4.98 Å². The summed E-state index contributed by atoms with van der Waals surface area (Å²) in [5, 5.41) is 4.03. The summed E-state index contributed by atoms with van der Waals surface area (Å²) in [7, 11) is 0. The lowest BCUT2D eigenvalue weighted by Gasteiger charge is -2.16. The first-order valence-electron chi connectivity index (χ1n) is 10.4. The van der Waals surface area contributed by atoms with Crippen LogP contribution in [0.3, 0.4) is 0 Å². The van der Waals surface area contributed by atoms with Crippen molar-refractivity contribution in [1.29, 1.82) is 0 Å². The van der Waals surface area contributed by atoms with Crippen LogP contribution in [0.1, 0.15) is 46.9 Å². The summed E-state index contributed by atoms with van der Waals surface area (Å²) in [5.41, 5.74) is 6.84. The Bertz CT molecular complexity index is 1200. The van der Waals surface area contributed by atoms with Gasteiger partial charge in [-0.3, -0.25) is 4.79 Å². The van der Waals surface area contributed by atoms with E-state index in [-0.39, 0.29) is 11.9 Å². The van der Waals surface area contributed by atoms with Crippen molar-refractivity contribution < 1.29 is 4.79 Å². The van der Waals surface area contributed by atoms with Crippen molar-refractivity contribution in [2.45, 2.75) is 33.2 Å². The van der Waals surface area contributed by atoms with Gasteiger partial charge in [0.1, 0.15) is 0 Å². The van der Waals surface area contributed by atoms with Gasteiger partial charge >= 0.3 is 0 Å². The fraction of sp³-hybridized carbons (Fsp3) is 0.185. The first-order valence-corrected chi connectivity index (χ1v) is 10.4. The predicted molar refractivity (Wildman–Crippen MR) is 124 cm³/mol. The number of nitrogens with one attached hydrogen (secondary N) is 1. The predicted octanol–water partition coefficient (Wildman–Crippen LogP) is 6.26. The minimum absolute atomic E-state index is 0.0854. The molecule has 1 heterocycles. The molecule has 4 rings (SSSR count). The minimum Gasteiger partial charge on any atom is -0.345 e. The van der Waals surface area contributed by atoms with E-state index in [0.29, 0.717) is 5.56 Å². The Morgan fingerprint density at radius 3 is 2.47 bits per heavy atom. The van der Waals surface area contributed by atoms with Crippen LogP contribution in [-0.4, -0.2) is 10.9 Å². The number of carbonyl (C=O) groups excluding carboxylic acids is 1. The van der Waals surface area contributed by atoms with E-state index in [1.807, 2.05) is 49.4 Å². The van der Waals surface area contributed by atoms with Gasteiger partial charge in [0.15, 0.2) is 0 Å². The van der Waals surface area contributed by atoms with Crippen molar-refractivity contribution in [1.82, 2.24) is 10.3 Å².